The number of amides is 1. The van der Waals surface area contributed by atoms with E-state index in [0.717, 1.165) is 24.8 Å². The summed E-state index contributed by atoms with van der Waals surface area (Å²) in [6.45, 7) is 4.42. The molecule has 174 valence electrons. The fraction of sp³-hybridized carbons (Fsp3) is 0.652. The maximum Gasteiger partial charge on any atom is 0.326 e. The lowest BCUT2D eigenvalue weighted by Gasteiger charge is -2.28. The van der Waals surface area contributed by atoms with Gasteiger partial charge in [-0.25, -0.2) is 9.88 Å². The zero-order valence-electron chi connectivity index (χ0n) is 18.8. The summed E-state index contributed by atoms with van der Waals surface area (Å²) in [7, 11) is -3.28. The van der Waals surface area contributed by atoms with Gasteiger partial charge in [-0.2, -0.15) is 0 Å². The summed E-state index contributed by atoms with van der Waals surface area (Å²) in [5, 5.41) is 12.3. The van der Waals surface area contributed by atoms with E-state index in [1.54, 1.807) is 6.92 Å². The normalized spacial score (nSPS) is 19.2. The smallest absolute Gasteiger partial charge is 0.326 e. The van der Waals surface area contributed by atoms with Gasteiger partial charge < -0.3 is 14.5 Å². The van der Waals surface area contributed by atoms with Crippen LogP contribution in [0.2, 0.25) is 0 Å². The molecule has 0 radical (unpaired) electrons. The van der Waals surface area contributed by atoms with Crippen LogP contribution < -0.4 is 5.09 Å². The Labute approximate surface area is 186 Å². The standard InChI is InChI=1S/C23H37N2O5P/c1-3-4-5-6-7-11-17-31(29,30-18-20-13-9-8-10-14-20)24-19(2)22(26)25-16-12-15-21(25)23(27)28/h8-10,13-14,19,21H,3-7,11-12,15-18H2,1-2H3,(H,24,29)(H,27,28)/t19-,21-,31?/m0/s1. The van der Waals surface area contributed by atoms with Crippen molar-refractivity contribution in [2.75, 3.05) is 12.7 Å². The molecule has 0 aromatic heterocycles. The van der Waals surface area contributed by atoms with Gasteiger partial charge >= 0.3 is 5.97 Å². The minimum atomic E-state index is -3.28. The van der Waals surface area contributed by atoms with E-state index in [4.69, 9.17) is 4.52 Å². The summed E-state index contributed by atoms with van der Waals surface area (Å²) >= 11 is 0. The number of hydrogen-bond acceptors (Lipinski definition) is 4. The zero-order valence-corrected chi connectivity index (χ0v) is 19.7. The molecule has 0 saturated carbocycles. The second-order valence-electron chi connectivity index (χ2n) is 8.30. The highest BCUT2D eigenvalue weighted by molar-refractivity contribution is 7.56. The molecule has 2 N–H and O–H groups in total. The molecule has 1 saturated heterocycles. The Hall–Kier alpha value is -1.69. The minimum absolute atomic E-state index is 0.198. The molecule has 0 bridgehead atoms. The topological polar surface area (TPSA) is 95.9 Å². The predicted octanol–water partition coefficient (Wildman–Crippen LogP) is 4.81. The number of carbonyl (C=O) groups excluding carboxylic acids is 1. The molecule has 3 atom stereocenters. The summed E-state index contributed by atoms with van der Waals surface area (Å²) in [6.07, 6.45) is 7.82. The van der Waals surface area contributed by atoms with Crippen LogP contribution in [-0.4, -0.2) is 46.7 Å². The number of likely N-dealkylation sites (tertiary alicyclic amines) is 1. The summed E-state index contributed by atoms with van der Waals surface area (Å²) in [6, 6.07) is 7.94. The Morgan fingerprint density at radius 3 is 2.55 bits per heavy atom. The third-order valence-corrected chi connectivity index (χ3v) is 7.90. The van der Waals surface area contributed by atoms with Crippen LogP contribution in [0.4, 0.5) is 0 Å². The lowest BCUT2D eigenvalue weighted by Crippen LogP contribution is -2.48. The van der Waals surface area contributed by atoms with Gasteiger partial charge in [0.15, 0.2) is 0 Å². The van der Waals surface area contributed by atoms with E-state index in [-0.39, 0.29) is 12.5 Å². The van der Waals surface area contributed by atoms with Gasteiger partial charge in [-0.3, -0.25) is 9.36 Å². The molecule has 1 aliphatic rings. The van der Waals surface area contributed by atoms with Gasteiger partial charge in [-0.15, -0.1) is 0 Å². The van der Waals surface area contributed by atoms with Crippen LogP contribution >= 0.6 is 7.52 Å². The van der Waals surface area contributed by atoms with Gasteiger partial charge in [-0.05, 0) is 31.7 Å². The third kappa shape index (κ3) is 8.40. The Morgan fingerprint density at radius 1 is 1.19 bits per heavy atom. The van der Waals surface area contributed by atoms with Gasteiger partial charge in [-0.1, -0.05) is 69.4 Å². The Balaban J connectivity index is 1.99. The molecule has 31 heavy (non-hydrogen) atoms. The molecule has 0 aliphatic carbocycles. The first kappa shape index (κ1) is 25.6. The first-order valence-corrected chi connectivity index (χ1v) is 13.3. The van der Waals surface area contributed by atoms with Crippen molar-refractivity contribution < 1.29 is 23.8 Å². The molecular formula is C23H37N2O5P. The van der Waals surface area contributed by atoms with Crippen molar-refractivity contribution in [3.63, 3.8) is 0 Å². The molecule has 0 spiro atoms. The number of nitrogens with one attached hydrogen (secondary N) is 1. The van der Waals surface area contributed by atoms with Crippen LogP contribution in [0.25, 0.3) is 0 Å². The second-order valence-corrected chi connectivity index (χ2v) is 10.6. The average Bonchev–Trinajstić information content (AvgIpc) is 3.25. The number of unbranched alkanes of at least 4 members (excludes halogenated alkanes) is 5. The summed E-state index contributed by atoms with van der Waals surface area (Å²) < 4.78 is 19.5. The van der Waals surface area contributed by atoms with E-state index in [2.05, 4.69) is 12.0 Å². The van der Waals surface area contributed by atoms with Gasteiger partial charge in [0.05, 0.1) is 12.6 Å². The van der Waals surface area contributed by atoms with Gasteiger partial charge in [0.2, 0.25) is 5.91 Å². The molecule has 1 amide bonds. The van der Waals surface area contributed by atoms with Crippen molar-refractivity contribution in [1.82, 2.24) is 9.99 Å². The van der Waals surface area contributed by atoms with Gasteiger partial charge in [0.25, 0.3) is 7.52 Å². The minimum Gasteiger partial charge on any atom is -0.480 e. The number of rotatable bonds is 14. The predicted molar refractivity (Wildman–Crippen MR) is 122 cm³/mol. The van der Waals surface area contributed by atoms with Crippen molar-refractivity contribution in [1.29, 1.82) is 0 Å². The summed E-state index contributed by atoms with van der Waals surface area (Å²) in [5.41, 5.74) is 0.914. The fourth-order valence-electron chi connectivity index (χ4n) is 3.91. The molecular weight excluding hydrogens is 415 g/mol. The van der Waals surface area contributed by atoms with E-state index < -0.39 is 25.6 Å². The lowest BCUT2D eigenvalue weighted by molar-refractivity contribution is -0.148. The fourth-order valence-corrected chi connectivity index (χ4v) is 5.94. The van der Waals surface area contributed by atoms with Crippen molar-refractivity contribution in [2.45, 2.75) is 83.9 Å². The molecule has 1 unspecified atom stereocenters. The summed E-state index contributed by atoms with van der Waals surface area (Å²) in [5.74, 6) is -1.33. The van der Waals surface area contributed by atoms with E-state index >= 15 is 0 Å². The summed E-state index contributed by atoms with van der Waals surface area (Å²) in [4.78, 5) is 25.7. The maximum atomic E-state index is 13.6. The van der Waals surface area contributed by atoms with E-state index in [1.165, 1.54) is 24.2 Å². The quantitative estimate of drug-likeness (QED) is 0.311. The lowest BCUT2D eigenvalue weighted by atomic mass is 10.1. The van der Waals surface area contributed by atoms with Crippen LogP contribution in [0.3, 0.4) is 0 Å². The number of aliphatic carboxylic acids is 1. The number of benzene rings is 1. The average molecular weight is 453 g/mol. The SMILES string of the molecule is CCCCCCCCP(=O)(N[C@@H](C)C(=O)N1CCC[C@H]1C(=O)O)OCc1ccccc1. The van der Waals surface area contributed by atoms with E-state index in [1.807, 2.05) is 30.3 Å². The first-order valence-electron chi connectivity index (χ1n) is 11.4. The second kappa shape index (κ2) is 13.0. The molecule has 1 fully saturated rings. The molecule has 2 rings (SSSR count). The van der Waals surface area contributed by atoms with E-state index in [9.17, 15) is 19.3 Å². The number of carbonyl (C=O) groups is 2. The van der Waals surface area contributed by atoms with Crippen molar-refractivity contribution in [2.24, 2.45) is 0 Å². The maximum absolute atomic E-state index is 13.6. The Morgan fingerprint density at radius 2 is 1.87 bits per heavy atom. The zero-order chi connectivity index (χ0) is 22.7. The largest absolute Gasteiger partial charge is 0.480 e. The Kier molecular flexibility index (Phi) is 10.7. The van der Waals surface area contributed by atoms with Crippen LogP contribution in [0, 0.1) is 0 Å². The van der Waals surface area contributed by atoms with Crippen LogP contribution in [0.1, 0.15) is 70.8 Å². The number of nitrogens with zero attached hydrogens (tertiary/aromatic N) is 1. The van der Waals surface area contributed by atoms with Crippen molar-refractivity contribution in [3.8, 4) is 0 Å². The number of carboxylic acid groups (broad SMARTS) is 1. The van der Waals surface area contributed by atoms with Gasteiger partial charge in [0, 0.05) is 12.7 Å². The number of hydrogen-bond donors (Lipinski definition) is 2. The van der Waals surface area contributed by atoms with Crippen LogP contribution in [0.5, 0.6) is 0 Å². The van der Waals surface area contributed by atoms with Crippen molar-refractivity contribution >= 4 is 19.4 Å². The van der Waals surface area contributed by atoms with Gasteiger partial charge in [0.1, 0.15) is 6.04 Å². The molecule has 1 aliphatic heterocycles. The van der Waals surface area contributed by atoms with Crippen LogP contribution in [-0.2, 0) is 25.3 Å². The number of carboxylic acids is 1. The first-order chi connectivity index (χ1) is 14.9. The molecule has 1 heterocycles. The highest BCUT2D eigenvalue weighted by Gasteiger charge is 2.37. The Bertz CT molecular complexity index is 743. The molecule has 1 aromatic carbocycles. The molecule has 1 aromatic rings. The highest BCUT2D eigenvalue weighted by atomic mass is 31.2. The third-order valence-electron chi connectivity index (χ3n) is 5.67. The van der Waals surface area contributed by atoms with Crippen LogP contribution in [0.15, 0.2) is 30.3 Å². The monoisotopic (exact) mass is 452 g/mol. The van der Waals surface area contributed by atoms with Crippen molar-refractivity contribution in [3.05, 3.63) is 35.9 Å². The highest BCUT2D eigenvalue weighted by Crippen LogP contribution is 2.45. The molecule has 7 nitrogen and oxygen atoms in total. The molecule has 8 heteroatoms. The van der Waals surface area contributed by atoms with E-state index in [0.29, 0.717) is 25.5 Å².